The molecule has 0 fully saturated rings. The average molecular weight is 359 g/mol. The third kappa shape index (κ3) is 11.2. The van der Waals surface area contributed by atoms with Crippen molar-refractivity contribution in [2.24, 2.45) is 11.8 Å². The van der Waals surface area contributed by atoms with E-state index in [1.807, 2.05) is 0 Å². The summed E-state index contributed by atoms with van der Waals surface area (Å²) in [5.41, 5.74) is 0. The predicted octanol–water partition coefficient (Wildman–Crippen LogP) is 6.56. The van der Waals surface area contributed by atoms with Crippen molar-refractivity contribution in [3.05, 3.63) is 0 Å². The first kappa shape index (κ1) is 23.6. The first-order chi connectivity index (χ1) is 11.5. The minimum Gasteiger partial charge on any atom is -0.308 e. The molecule has 0 saturated carbocycles. The van der Waals surface area contributed by atoms with Crippen molar-refractivity contribution < 1.29 is 13.6 Å². The summed E-state index contributed by atoms with van der Waals surface area (Å²) in [5.74, 6) is 0.844. The Kier molecular flexibility index (Phi) is 14.7. The van der Waals surface area contributed by atoms with Crippen molar-refractivity contribution in [3.8, 4) is 6.07 Å². The molecular formula is C19H38NO3P. The lowest BCUT2D eigenvalue weighted by Gasteiger charge is -2.23. The predicted molar refractivity (Wildman–Crippen MR) is 101 cm³/mol. The van der Waals surface area contributed by atoms with Crippen LogP contribution in [0.3, 0.4) is 0 Å². The first-order valence-corrected chi connectivity index (χ1v) is 11.5. The molecule has 0 aromatic rings. The van der Waals surface area contributed by atoms with Crippen molar-refractivity contribution in [3.63, 3.8) is 0 Å². The Balaban J connectivity index is 4.57. The minimum atomic E-state index is -3.16. The van der Waals surface area contributed by atoms with Crippen molar-refractivity contribution in [1.82, 2.24) is 0 Å². The van der Waals surface area contributed by atoms with Gasteiger partial charge in [-0.1, -0.05) is 66.2 Å². The molecule has 0 aliphatic carbocycles. The second kappa shape index (κ2) is 14.9. The fourth-order valence-electron chi connectivity index (χ4n) is 2.59. The highest BCUT2D eigenvalue weighted by atomic mass is 31.2. The molecule has 0 amide bonds. The summed E-state index contributed by atoms with van der Waals surface area (Å²) >= 11 is 0. The van der Waals surface area contributed by atoms with Gasteiger partial charge in [0.2, 0.25) is 0 Å². The summed E-state index contributed by atoms with van der Waals surface area (Å²) in [6.45, 7) is 9.59. The van der Waals surface area contributed by atoms with Crippen LogP contribution in [0, 0.1) is 23.2 Å². The minimum absolute atomic E-state index is 0.206. The zero-order valence-electron chi connectivity index (χ0n) is 16.3. The molecule has 5 heteroatoms. The molecule has 0 saturated heterocycles. The van der Waals surface area contributed by atoms with Crippen LogP contribution in [-0.2, 0) is 13.6 Å². The average Bonchev–Trinajstić information content (AvgIpc) is 2.60. The van der Waals surface area contributed by atoms with Crippen molar-refractivity contribution in [1.29, 1.82) is 5.26 Å². The Morgan fingerprint density at radius 1 is 0.917 bits per heavy atom. The van der Waals surface area contributed by atoms with Gasteiger partial charge in [0.1, 0.15) is 0 Å². The third-order valence-electron chi connectivity index (χ3n) is 4.60. The molecule has 2 unspecified atom stereocenters. The third-order valence-corrected chi connectivity index (χ3v) is 6.45. The molecule has 2 atom stereocenters. The second-order valence-corrected chi connectivity index (χ2v) is 8.85. The maximum atomic E-state index is 13.0. The van der Waals surface area contributed by atoms with Crippen LogP contribution >= 0.6 is 7.60 Å². The van der Waals surface area contributed by atoms with Crippen LogP contribution < -0.4 is 0 Å². The van der Waals surface area contributed by atoms with E-state index in [0.29, 0.717) is 25.0 Å². The molecular weight excluding hydrogens is 321 g/mol. The molecule has 142 valence electrons. The summed E-state index contributed by atoms with van der Waals surface area (Å²) < 4.78 is 24.5. The fraction of sp³-hybridized carbons (Fsp3) is 0.947. The maximum Gasteiger partial charge on any atom is 0.331 e. The van der Waals surface area contributed by atoms with Crippen molar-refractivity contribution >= 4 is 7.60 Å². The van der Waals surface area contributed by atoms with E-state index >= 15 is 0 Å². The summed E-state index contributed by atoms with van der Waals surface area (Å²) in [6, 6.07) is 2.06. The van der Waals surface area contributed by atoms with Crippen LogP contribution in [0.4, 0.5) is 0 Å². The standard InChI is InChI=1S/C19H38NO3P/c1-5-9-12-18(7-3)16-22-24(21,15-11-14-20)23-17-19(8-4)13-10-6-2/h18-19H,5-13,15-17H2,1-4H3. The monoisotopic (exact) mass is 359 g/mol. The van der Waals surface area contributed by atoms with E-state index in [1.54, 1.807) is 0 Å². The van der Waals surface area contributed by atoms with Gasteiger partial charge in [-0.05, 0) is 24.7 Å². The van der Waals surface area contributed by atoms with Crippen LogP contribution in [0.15, 0.2) is 0 Å². The number of hydrogen-bond donors (Lipinski definition) is 0. The number of nitrogens with zero attached hydrogens (tertiary/aromatic N) is 1. The molecule has 4 nitrogen and oxygen atoms in total. The van der Waals surface area contributed by atoms with E-state index in [4.69, 9.17) is 14.3 Å². The van der Waals surface area contributed by atoms with Gasteiger partial charge < -0.3 is 9.05 Å². The van der Waals surface area contributed by atoms with E-state index in [0.717, 1.165) is 38.5 Å². The Bertz CT molecular complexity index is 357. The summed E-state index contributed by atoms with van der Waals surface area (Å²) in [6.07, 6.45) is 9.31. The van der Waals surface area contributed by atoms with Crippen LogP contribution in [-0.4, -0.2) is 19.4 Å². The lowest BCUT2D eigenvalue weighted by atomic mass is 10.0. The van der Waals surface area contributed by atoms with Gasteiger partial charge >= 0.3 is 7.60 Å². The SMILES string of the molecule is CCCCC(CC)COP(=O)(CCC#N)OCC(CC)CCCC. The molecule has 0 spiro atoms. The summed E-state index contributed by atoms with van der Waals surface area (Å²) in [7, 11) is -3.16. The van der Waals surface area contributed by atoms with Crippen LogP contribution in [0.2, 0.25) is 0 Å². The molecule has 0 aromatic heterocycles. The van der Waals surface area contributed by atoms with Gasteiger partial charge in [0, 0.05) is 6.42 Å². The van der Waals surface area contributed by atoms with E-state index in [9.17, 15) is 4.57 Å². The van der Waals surface area contributed by atoms with Crippen LogP contribution in [0.1, 0.15) is 85.5 Å². The van der Waals surface area contributed by atoms with Gasteiger partial charge in [-0.25, -0.2) is 0 Å². The molecule has 24 heavy (non-hydrogen) atoms. The topological polar surface area (TPSA) is 59.3 Å². The lowest BCUT2D eigenvalue weighted by molar-refractivity contribution is 0.151. The van der Waals surface area contributed by atoms with Gasteiger partial charge in [-0.3, -0.25) is 4.57 Å². The molecule has 0 aliphatic rings. The first-order valence-electron chi connectivity index (χ1n) is 9.80. The highest BCUT2D eigenvalue weighted by Crippen LogP contribution is 2.50. The van der Waals surface area contributed by atoms with Crippen LogP contribution in [0.5, 0.6) is 0 Å². The molecule has 0 N–H and O–H groups in total. The van der Waals surface area contributed by atoms with Crippen LogP contribution in [0.25, 0.3) is 0 Å². The Hall–Kier alpha value is -0.360. The van der Waals surface area contributed by atoms with Gasteiger partial charge in [-0.2, -0.15) is 5.26 Å². The largest absolute Gasteiger partial charge is 0.331 e. The molecule has 0 rings (SSSR count). The maximum absolute atomic E-state index is 13.0. The van der Waals surface area contributed by atoms with E-state index in [-0.39, 0.29) is 12.6 Å². The fourth-order valence-corrected chi connectivity index (χ4v) is 4.17. The number of unbranched alkanes of at least 4 members (excludes halogenated alkanes) is 2. The highest BCUT2D eigenvalue weighted by molar-refractivity contribution is 7.53. The smallest absolute Gasteiger partial charge is 0.308 e. The van der Waals surface area contributed by atoms with Crippen molar-refractivity contribution in [2.75, 3.05) is 19.4 Å². The molecule has 0 bridgehead atoms. The summed E-state index contributed by atoms with van der Waals surface area (Å²) in [5, 5.41) is 8.83. The van der Waals surface area contributed by atoms with E-state index in [2.05, 4.69) is 33.8 Å². The number of nitriles is 1. The second-order valence-electron chi connectivity index (χ2n) is 6.67. The highest BCUT2D eigenvalue weighted by Gasteiger charge is 2.26. The van der Waals surface area contributed by atoms with E-state index < -0.39 is 7.60 Å². The van der Waals surface area contributed by atoms with Gasteiger partial charge in [0.15, 0.2) is 0 Å². The molecule has 0 aromatic carbocycles. The lowest BCUT2D eigenvalue weighted by Crippen LogP contribution is -2.13. The quantitative estimate of drug-likeness (QED) is 0.293. The van der Waals surface area contributed by atoms with Crippen molar-refractivity contribution in [2.45, 2.75) is 85.5 Å². The Labute approximate surface area is 149 Å². The molecule has 0 radical (unpaired) electrons. The molecule has 0 heterocycles. The van der Waals surface area contributed by atoms with Gasteiger partial charge in [-0.15, -0.1) is 0 Å². The summed E-state index contributed by atoms with van der Waals surface area (Å²) in [4.78, 5) is 0. The van der Waals surface area contributed by atoms with E-state index in [1.165, 1.54) is 12.8 Å². The zero-order chi connectivity index (χ0) is 18.3. The number of hydrogen-bond acceptors (Lipinski definition) is 4. The Morgan fingerprint density at radius 3 is 1.71 bits per heavy atom. The Morgan fingerprint density at radius 2 is 1.38 bits per heavy atom. The molecule has 0 aliphatic heterocycles. The normalized spacial score (nSPS) is 16.3. The van der Waals surface area contributed by atoms with Gasteiger partial charge in [0.25, 0.3) is 0 Å². The van der Waals surface area contributed by atoms with Gasteiger partial charge in [0.05, 0.1) is 25.4 Å². The number of rotatable bonds is 16. The zero-order valence-corrected chi connectivity index (χ0v) is 17.2.